The molecule has 0 saturated carbocycles. The van der Waals surface area contributed by atoms with Crippen molar-refractivity contribution in [3.05, 3.63) is 80.4 Å². The Bertz CT molecular complexity index is 1280. The molecule has 0 unspecified atom stereocenters. The van der Waals surface area contributed by atoms with Crippen LogP contribution in [0.1, 0.15) is 22.6 Å². The van der Waals surface area contributed by atoms with Gasteiger partial charge in [-0.3, -0.25) is 4.79 Å². The third kappa shape index (κ3) is 4.37. The van der Waals surface area contributed by atoms with Gasteiger partial charge in [0.25, 0.3) is 0 Å². The highest BCUT2D eigenvalue weighted by atomic mass is 35.5. The van der Waals surface area contributed by atoms with Gasteiger partial charge in [0.05, 0.1) is 0 Å². The number of pyridine rings is 1. The molecule has 0 spiro atoms. The number of nitrogens with one attached hydrogen (secondary N) is 1. The quantitative estimate of drug-likeness (QED) is 0.436. The van der Waals surface area contributed by atoms with E-state index in [0.29, 0.717) is 28.6 Å². The van der Waals surface area contributed by atoms with E-state index in [1.165, 1.54) is 11.8 Å². The van der Waals surface area contributed by atoms with E-state index in [2.05, 4.69) is 15.2 Å². The molecule has 0 amide bonds. The van der Waals surface area contributed by atoms with Crippen molar-refractivity contribution >= 4 is 34.3 Å². The van der Waals surface area contributed by atoms with Gasteiger partial charge in [-0.15, -0.1) is 10.2 Å². The lowest BCUT2D eigenvalue weighted by atomic mass is 10.1. The minimum atomic E-state index is 0.0216. The molecule has 154 valence electrons. The highest BCUT2D eigenvalue weighted by Gasteiger charge is 2.11. The van der Waals surface area contributed by atoms with Crippen LogP contribution in [0.5, 0.6) is 5.75 Å². The van der Waals surface area contributed by atoms with Crippen molar-refractivity contribution < 1.29 is 4.74 Å². The Kier molecular flexibility index (Phi) is 5.83. The Balaban J connectivity index is 1.44. The first kappa shape index (κ1) is 20.5. The van der Waals surface area contributed by atoms with Crippen LogP contribution >= 0.6 is 23.4 Å². The van der Waals surface area contributed by atoms with E-state index >= 15 is 0 Å². The Labute approximate surface area is 183 Å². The minimum Gasteiger partial charge on any atom is -0.486 e. The summed E-state index contributed by atoms with van der Waals surface area (Å²) in [4.78, 5) is 15.7. The van der Waals surface area contributed by atoms with Crippen LogP contribution in [0.2, 0.25) is 5.02 Å². The molecule has 0 aliphatic rings. The van der Waals surface area contributed by atoms with Gasteiger partial charge in [-0.2, -0.15) is 0 Å². The lowest BCUT2D eigenvalue weighted by Crippen LogP contribution is -2.06. The molecule has 4 aromatic rings. The van der Waals surface area contributed by atoms with Crippen molar-refractivity contribution in [3.8, 4) is 5.75 Å². The van der Waals surface area contributed by atoms with Gasteiger partial charge in [-0.1, -0.05) is 35.0 Å². The summed E-state index contributed by atoms with van der Waals surface area (Å²) < 4.78 is 7.72. The number of ether oxygens (including phenoxy) is 1. The zero-order valence-electron chi connectivity index (χ0n) is 16.9. The van der Waals surface area contributed by atoms with Crippen LogP contribution in [0, 0.1) is 13.8 Å². The fourth-order valence-electron chi connectivity index (χ4n) is 3.09. The molecular formula is C22H21ClN4O2S. The Hall–Kier alpha value is -2.77. The number of rotatable bonds is 6. The van der Waals surface area contributed by atoms with Crippen molar-refractivity contribution in [2.24, 2.45) is 7.05 Å². The van der Waals surface area contributed by atoms with E-state index in [-0.39, 0.29) is 5.43 Å². The van der Waals surface area contributed by atoms with Crippen LogP contribution in [-0.4, -0.2) is 19.7 Å². The van der Waals surface area contributed by atoms with Gasteiger partial charge in [0.1, 0.15) is 12.4 Å². The number of nitrogens with zero attached hydrogens (tertiary/aromatic N) is 3. The molecule has 0 aliphatic carbocycles. The van der Waals surface area contributed by atoms with Gasteiger partial charge in [0.15, 0.2) is 16.4 Å². The predicted octanol–water partition coefficient (Wildman–Crippen LogP) is 4.80. The molecule has 2 heterocycles. The highest BCUT2D eigenvalue weighted by molar-refractivity contribution is 7.98. The van der Waals surface area contributed by atoms with Crippen LogP contribution in [0.25, 0.3) is 10.9 Å². The standard InChI is InChI=1S/C22H21ClN4O2S/c1-13-4-7-19-17(8-13)20(28)10-15(24-19)12-30-22-26-25-21(27(22)3)11-29-16-5-6-18(23)14(2)9-16/h4-10H,11-12H2,1-3H3,(H,24,28). The summed E-state index contributed by atoms with van der Waals surface area (Å²) in [6.07, 6.45) is 0. The Morgan fingerprint density at radius 3 is 2.77 bits per heavy atom. The number of thioether (sulfide) groups is 1. The van der Waals surface area contributed by atoms with Gasteiger partial charge >= 0.3 is 0 Å². The second-order valence-corrected chi connectivity index (χ2v) is 8.50. The molecule has 0 fully saturated rings. The first-order valence-corrected chi connectivity index (χ1v) is 10.8. The molecule has 0 saturated heterocycles. The zero-order chi connectivity index (χ0) is 21.3. The topological polar surface area (TPSA) is 72.8 Å². The fraction of sp³-hybridized carbons (Fsp3) is 0.227. The Morgan fingerprint density at radius 1 is 1.13 bits per heavy atom. The summed E-state index contributed by atoms with van der Waals surface area (Å²) in [5, 5.41) is 10.7. The minimum absolute atomic E-state index is 0.0216. The number of hydrogen-bond donors (Lipinski definition) is 1. The molecule has 6 nitrogen and oxygen atoms in total. The molecule has 30 heavy (non-hydrogen) atoms. The van der Waals surface area contributed by atoms with E-state index < -0.39 is 0 Å². The van der Waals surface area contributed by atoms with Crippen molar-refractivity contribution in [3.63, 3.8) is 0 Å². The second-order valence-electron chi connectivity index (χ2n) is 7.15. The first-order chi connectivity index (χ1) is 14.4. The number of H-pyrrole nitrogens is 1. The van der Waals surface area contributed by atoms with Crippen LogP contribution in [0.3, 0.4) is 0 Å². The molecule has 0 bridgehead atoms. The van der Waals surface area contributed by atoms with Crippen LogP contribution in [0.4, 0.5) is 0 Å². The summed E-state index contributed by atoms with van der Waals surface area (Å²) in [6, 6.07) is 13.0. The van der Waals surface area contributed by atoms with E-state index in [4.69, 9.17) is 16.3 Å². The molecule has 2 aromatic heterocycles. The van der Waals surface area contributed by atoms with Crippen LogP contribution in [0.15, 0.2) is 52.4 Å². The number of fused-ring (bicyclic) bond motifs is 1. The van der Waals surface area contributed by atoms with Crippen LogP contribution in [-0.2, 0) is 19.4 Å². The normalized spacial score (nSPS) is 11.2. The molecule has 0 aliphatic heterocycles. The van der Waals surface area contributed by atoms with E-state index in [9.17, 15) is 4.79 Å². The molecule has 1 N–H and O–H groups in total. The summed E-state index contributed by atoms with van der Waals surface area (Å²) >= 11 is 7.57. The first-order valence-electron chi connectivity index (χ1n) is 9.43. The second kappa shape index (κ2) is 8.53. The largest absolute Gasteiger partial charge is 0.486 e. The Morgan fingerprint density at radius 2 is 1.97 bits per heavy atom. The van der Waals surface area contributed by atoms with Crippen molar-refractivity contribution in [1.82, 2.24) is 19.7 Å². The average Bonchev–Trinajstić information content (AvgIpc) is 3.07. The van der Waals surface area contributed by atoms with Crippen LogP contribution < -0.4 is 10.2 Å². The van der Waals surface area contributed by atoms with Gasteiger partial charge < -0.3 is 14.3 Å². The van der Waals surface area contributed by atoms with Crippen molar-refractivity contribution in [2.45, 2.75) is 31.4 Å². The highest BCUT2D eigenvalue weighted by Crippen LogP contribution is 2.23. The fourth-order valence-corrected chi connectivity index (χ4v) is 4.04. The summed E-state index contributed by atoms with van der Waals surface area (Å²) in [5.74, 6) is 2.04. The van der Waals surface area contributed by atoms with Gasteiger partial charge in [-0.05, 0) is 49.7 Å². The maximum absolute atomic E-state index is 12.4. The molecule has 2 aromatic carbocycles. The smallest absolute Gasteiger partial charge is 0.191 e. The van der Waals surface area contributed by atoms with Gasteiger partial charge in [-0.25, -0.2) is 0 Å². The summed E-state index contributed by atoms with van der Waals surface area (Å²) in [7, 11) is 1.90. The maximum Gasteiger partial charge on any atom is 0.191 e. The average molecular weight is 441 g/mol. The molecular weight excluding hydrogens is 420 g/mol. The number of aryl methyl sites for hydroxylation is 2. The lowest BCUT2D eigenvalue weighted by molar-refractivity contribution is 0.290. The third-order valence-electron chi connectivity index (χ3n) is 4.82. The number of halogens is 1. The monoisotopic (exact) mass is 440 g/mol. The molecule has 4 rings (SSSR count). The molecule has 0 radical (unpaired) electrons. The van der Waals surface area contributed by atoms with Gasteiger partial charge in [0, 0.05) is 40.5 Å². The summed E-state index contributed by atoms with van der Waals surface area (Å²) in [6.45, 7) is 4.22. The van der Waals surface area contributed by atoms with E-state index in [0.717, 1.165) is 33.2 Å². The number of aromatic amines is 1. The number of hydrogen-bond acceptors (Lipinski definition) is 5. The van der Waals surface area contributed by atoms with Crippen molar-refractivity contribution in [2.75, 3.05) is 0 Å². The lowest BCUT2D eigenvalue weighted by Gasteiger charge is -2.08. The molecule has 8 heteroatoms. The van der Waals surface area contributed by atoms with Crippen molar-refractivity contribution in [1.29, 1.82) is 0 Å². The zero-order valence-corrected chi connectivity index (χ0v) is 18.5. The number of benzene rings is 2. The third-order valence-corrected chi connectivity index (χ3v) is 6.31. The maximum atomic E-state index is 12.4. The summed E-state index contributed by atoms with van der Waals surface area (Å²) in [5.41, 5.74) is 3.74. The van der Waals surface area contributed by atoms with E-state index in [1.807, 2.05) is 61.9 Å². The predicted molar refractivity (Wildman–Crippen MR) is 120 cm³/mol. The van der Waals surface area contributed by atoms with E-state index in [1.54, 1.807) is 6.07 Å². The SMILES string of the molecule is Cc1ccc2[nH]c(CSc3nnc(COc4ccc(Cl)c(C)c4)n3C)cc(=O)c2c1. The number of aromatic nitrogens is 4. The van der Waals surface area contributed by atoms with Gasteiger partial charge in [0.2, 0.25) is 0 Å². The molecule has 0 atom stereocenters.